The third-order valence-electron chi connectivity index (χ3n) is 4.79. The fourth-order valence-corrected chi connectivity index (χ4v) is 2.87. The highest BCUT2D eigenvalue weighted by Crippen LogP contribution is 2.20. The van der Waals surface area contributed by atoms with E-state index in [0.717, 1.165) is 11.1 Å². The second-order valence-electron chi connectivity index (χ2n) is 9.14. The first-order chi connectivity index (χ1) is 14.1. The van der Waals surface area contributed by atoms with Crippen LogP contribution in [-0.2, 0) is 0 Å². The molecule has 160 valence electrons. The van der Waals surface area contributed by atoms with E-state index in [2.05, 4.69) is 110 Å². The molecule has 0 spiro atoms. The molecule has 2 aromatic rings. The average Bonchev–Trinajstić information content (AvgIpc) is 2.71. The minimum absolute atomic E-state index is 0.402. The van der Waals surface area contributed by atoms with Crippen molar-refractivity contribution < 1.29 is 0 Å². The van der Waals surface area contributed by atoms with Crippen LogP contribution in [-0.4, -0.2) is 0 Å². The van der Waals surface area contributed by atoms with E-state index in [9.17, 15) is 0 Å². The van der Waals surface area contributed by atoms with Gasteiger partial charge in [-0.05, 0) is 45.9 Å². The second-order valence-corrected chi connectivity index (χ2v) is 9.14. The Hall–Kier alpha value is -2.59. The Bertz CT molecular complexity index is 839. The first kappa shape index (κ1) is 25.4. The summed E-state index contributed by atoms with van der Waals surface area (Å²) in [4.78, 5) is 0. The van der Waals surface area contributed by atoms with Crippen molar-refractivity contribution >= 4 is 11.6 Å². The highest BCUT2D eigenvalue weighted by Gasteiger charge is 2.03. The predicted octanol–water partition coefficient (Wildman–Crippen LogP) is 8.85. The van der Waals surface area contributed by atoms with Crippen molar-refractivity contribution in [2.24, 2.45) is 11.8 Å². The van der Waals surface area contributed by atoms with Crippen LogP contribution in [0.5, 0.6) is 0 Å². The van der Waals surface area contributed by atoms with Crippen LogP contribution in [0, 0.1) is 23.2 Å². The molecule has 0 saturated heterocycles. The molecule has 0 saturated carbocycles. The van der Waals surface area contributed by atoms with Gasteiger partial charge in [0.15, 0.2) is 0 Å². The minimum atomic E-state index is 0.402. The first-order valence-electron chi connectivity index (χ1n) is 11.1. The summed E-state index contributed by atoms with van der Waals surface area (Å²) in [5.74, 6) is 2.19. The summed E-state index contributed by atoms with van der Waals surface area (Å²) >= 11 is 0. The number of nitrogens with zero attached hydrogens (tertiary/aromatic N) is 1. The van der Waals surface area contributed by atoms with Crippen molar-refractivity contribution in [2.75, 3.05) is 0 Å². The van der Waals surface area contributed by atoms with E-state index in [1.165, 1.54) is 16.7 Å². The smallest absolute Gasteiger partial charge is 0.0994 e. The SMILES string of the molecule is CC(C)/C=C(\C#N)c1ccc(C(C)C)cc1.CC(C)/C=C/c1ccc(C(C)C)cc1. The van der Waals surface area contributed by atoms with Crippen molar-refractivity contribution in [1.29, 1.82) is 5.26 Å². The van der Waals surface area contributed by atoms with E-state index in [1.807, 2.05) is 18.2 Å². The van der Waals surface area contributed by atoms with Crippen LogP contribution in [0.3, 0.4) is 0 Å². The molecule has 0 radical (unpaired) electrons. The van der Waals surface area contributed by atoms with E-state index in [1.54, 1.807) is 0 Å². The van der Waals surface area contributed by atoms with Crippen molar-refractivity contribution in [2.45, 2.75) is 67.2 Å². The average molecular weight is 402 g/mol. The van der Waals surface area contributed by atoms with E-state index >= 15 is 0 Å². The predicted molar refractivity (Wildman–Crippen MR) is 133 cm³/mol. The maximum absolute atomic E-state index is 9.09. The van der Waals surface area contributed by atoms with Crippen molar-refractivity contribution in [3.8, 4) is 6.07 Å². The molecule has 0 aliphatic carbocycles. The number of rotatable bonds is 6. The van der Waals surface area contributed by atoms with Gasteiger partial charge in [0, 0.05) is 0 Å². The Morgan fingerprint density at radius 3 is 1.53 bits per heavy atom. The lowest BCUT2D eigenvalue weighted by Crippen LogP contribution is -1.90. The maximum Gasteiger partial charge on any atom is 0.0994 e. The molecule has 0 heterocycles. The molecule has 0 unspecified atom stereocenters. The van der Waals surface area contributed by atoms with Crippen LogP contribution < -0.4 is 0 Å². The highest BCUT2D eigenvalue weighted by molar-refractivity contribution is 5.76. The lowest BCUT2D eigenvalue weighted by atomic mass is 9.98. The molecule has 2 aromatic carbocycles. The molecule has 1 heteroatoms. The molecule has 0 amide bonds. The molecule has 0 atom stereocenters. The molecule has 0 aliphatic heterocycles. The summed E-state index contributed by atoms with van der Waals surface area (Å²) in [6.45, 7) is 17.3. The van der Waals surface area contributed by atoms with Gasteiger partial charge in [0.05, 0.1) is 11.6 Å². The quantitative estimate of drug-likeness (QED) is 0.443. The summed E-state index contributed by atoms with van der Waals surface area (Å²) in [5, 5.41) is 9.09. The molecule has 0 bridgehead atoms. The molecule has 2 rings (SSSR count). The second kappa shape index (κ2) is 12.9. The van der Waals surface area contributed by atoms with Gasteiger partial charge >= 0.3 is 0 Å². The van der Waals surface area contributed by atoms with Crippen molar-refractivity contribution in [3.63, 3.8) is 0 Å². The van der Waals surface area contributed by atoms with E-state index in [0.29, 0.717) is 23.7 Å². The molecule has 0 fully saturated rings. The van der Waals surface area contributed by atoms with Crippen LogP contribution in [0.4, 0.5) is 0 Å². The zero-order chi connectivity index (χ0) is 22.7. The van der Waals surface area contributed by atoms with Gasteiger partial charge in [-0.15, -0.1) is 0 Å². The van der Waals surface area contributed by atoms with Gasteiger partial charge in [0.1, 0.15) is 0 Å². The van der Waals surface area contributed by atoms with Gasteiger partial charge in [-0.25, -0.2) is 0 Å². The van der Waals surface area contributed by atoms with Crippen LogP contribution in [0.1, 0.15) is 89.5 Å². The summed E-state index contributed by atoms with van der Waals surface area (Å²) in [5.41, 5.74) is 5.80. The Labute approximate surface area is 185 Å². The third-order valence-corrected chi connectivity index (χ3v) is 4.79. The van der Waals surface area contributed by atoms with Gasteiger partial charge < -0.3 is 0 Å². The molecular weight excluding hydrogens is 362 g/mol. The normalized spacial score (nSPS) is 11.9. The van der Waals surface area contributed by atoms with E-state index < -0.39 is 0 Å². The number of benzene rings is 2. The summed E-state index contributed by atoms with van der Waals surface area (Å²) in [6.07, 6.45) is 6.42. The standard InChI is InChI=1S/C15H19N.C14H20/c1-11(2)9-15(10-16)14-7-5-13(6-8-14)12(3)4;1-11(2)5-6-13-7-9-14(10-8-13)12(3)4/h5-9,11-12H,1-4H3;5-12H,1-4H3/b15-9+;6-5+. The fraction of sp³-hybridized carbons (Fsp3) is 0.414. The summed E-state index contributed by atoms with van der Waals surface area (Å²) in [7, 11) is 0. The highest BCUT2D eigenvalue weighted by atomic mass is 14.2. The number of allylic oxidation sites excluding steroid dienone is 3. The molecule has 0 aromatic heterocycles. The molecule has 0 N–H and O–H groups in total. The topological polar surface area (TPSA) is 23.8 Å². The maximum atomic E-state index is 9.09. The molecular formula is C29H39N. The van der Waals surface area contributed by atoms with E-state index in [4.69, 9.17) is 5.26 Å². The van der Waals surface area contributed by atoms with E-state index in [-0.39, 0.29) is 0 Å². The van der Waals surface area contributed by atoms with Gasteiger partial charge in [0.25, 0.3) is 0 Å². The van der Waals surface area contributed by atoms with Gasteiger partial charge in [-0.1, -0.05) is 122 Å². The summed E-state index contributed by atoms with van der Waals surface area (Å²) in [6, 6.07) is 19.3. The largest absolute Gasteiger partial charge is 0.192 e. The lowest BCUT2D eigenvalue weighted by molar-refractivity contribution is 0.834. The van der Waals surface area contributed by atoms with Gasteiger partial charge in [-0.3, -0.25) is 0 Å². The molecule has 1 nitrogen and oxygen atoms in total. The minimum Gasteiger partial charge on any atom is -0.192 e. The van der Waals surface area contributed by atoms with Crippen molar-refractivity contribution in [1.82, 2.24) is 0 Å². The Balaban J connectivity index is 0.000000303. The first-order valence-corrected chi connectivity index (χ1v) is 11.1. The zero-order valence-electron chi connectivity index (χ0n) is 20.1. The summed E-state index contributed by atoms with van der Waals surface area (Å²) < 4.78 is 0. The van der Waals surface area contributed by atoms with Gasteiger partial charge in [-0.2, -0.15) is 5.26 Å². The van der Waals surface area contributed by atoms with Crippen LogP contribution in [0.2, 0.25) is 0 Å². The molecule has 0 aliphatic rings. The van der Waals surface area contributed by atoms with Crippen LogP contribution in [0.15, 0.2) is 60.7 Å². The monoisotopic (exact) mass is 401 g/mol. The third kappa shape index (κ3) is 9.27. The number of nitriles is 1. The van der Waals surface area contributed by atoms with Crippen LogP contribution >= 0.6 is 0 Å². The molecule has 30 heavy (non-hydrogen) atoms. The Morgan fingerprint density at radius 2 is 1.17 bits per heavy atom. The zero-order valence-corrected chi connectivity index (χ0v) is 20.1. The number of hydrogen-bond acceptors (Lipinski definition) is 1. The number of hydrogen-bond donors (Lipinski definition) is 0. The Morgan fingerprint density at radius 1 is 0.700 bits per heavy atom. The lowest BCUT2D eigenvalue weighted by Gasteiger charge is -2.06. The fourth-order valence-electron chi connectivity index (χ4n) is 2.87. The Kier molecular flexibility index (Phi) is 10.9. The van der Waals surface area contributed by atoms with Crippen molar-refractivity contribution in [3.05, 3.63) is 82.9 Å². The van der Waals surface area contributed by atoms with Gasteiger partial charge in [0.2, 0.25) is 0 Å². The van der Waals surface area contributed by atoms with Crippen LogP contribution in [0.25, 0.3) is 11.6 Å².